The number of nitrogens with zero attached hydrogens (tertiary/aromatic N) is 1. The Morgan fingerprint density at radius 1 is 1.20 bits per heavy atom. The lowest BCUT2D eigenvalue weighted by Gasteiger charge is -2.20. The lowest BCUT2D eigenvalue weighted by molar-refractivity contribution is 0.265. The quantitative estimate of drug-likeness (QED) is 0.593. The van der Waals surface area contributed by atoms with Crippen LogP contribution in [-0.2, 0) is 0 Å². The van der Waals surface area contributed by atoms with Crippen molar-refractivity contribution < 1.29 is 0 Å². The van der Waals surface area contributed by atoms with Crippen molar-refractivity contribution in [2.45, 2.75) is 48.1 Å². The summed E-state index contributed by atoms with van der Waals surface area (Å²) in [5.74, 6) is 0. The van der Waals surface area contributed by atoms with Crippen LogP contribution in [0.15, 0.2) is 0 Å². The third-order valence-electron chi connectivity index (χ3n) is 1.84. The van der Waals surface area contributed by atoms with E-state index in [0.29, 0.717) is 0 Å². The van der Waals surface area contributed by atoms with Gasteiger partial charge in [0, 0.05) is 6.04 Å². The van der Waals surface area contributed by atoms with Crippen LogP contribution >= 0.6 is 0 Å². The number of hydrogen-bond donors (Lipinski definition) is 0. The van der Waals surface area contributed by atoms with Crippen LogP contribution in [0.25, 0.3) is 0 Å². The van der Waals surface area contributed by atoms with Crippen molar-refractivity contribution in [2.24, 2.45) is 0 Å². The summed E-state index contributed by atoms with van der Waals surface area (Å²) in [5, 5.41) is 0. The van der Waals surface area contributed by atoms with Crippen molar-refractivity contribution in [3.8, 4) is 0 Å². The van der Waals surface area contributed by atoms with Crippen molar-refractivity contribution in [1.82, 2.24) is 4.90 Å². The molecule has 1 nitrogen and oxygen atoms in total. The molecule has 0 aromatic carbocycles. The molecular formula is C9H25N. The van der Waals surface area contributed by atoms with Gasteiger partial charge in [-0.2, -0.15) is 0 Å². The molecule has 1 unspecified atom stereocenters. The molecule has 0 N–H and O–H groups in total. The number of rotatable bonds is 3. The second-order valence-electron chi connectivity index (χ2n) is 2.33. The maximum absolute atomic E-state index is 2.35. The Balaban J connectivity index is -0.000000245. The molecule has 0 saturated heterocycles. The van der Waals surface area contributed by atoms with Gasteiger partial charge in [-0.25, -0.2) is 0 Å². The first-order valence-corrected chi connectivity index (χ1v) is 3.42. The fourth-order valence-electron chi connectivity index (χ4n) is 0.623. The largest absolute Gasteiger partial charge is 0.304 e. The summed E-state index contributed by atoms with van der Waals surface area (Å²) in [4.78, 5) is 2.35. The molecule has 0 radical (unpaired) electrons. The molecule has 0 aromatic heterocycles. The molecule has 0 amide bonds. The van der Waals surface area contributed by atoms with Gasteiger partial charge in [0.15, 0.2) is 0 Å². The second kappa shape index (κ2) is 8.96. The predicted octanol–water partition coefficient (Wildman–Crippen LogP) is 3.01. The Bertz CT molecular complexity index is 44.7. The molecule has 0 aliphatic carbocycles. The van der Waals surface area contributed by atoms with Crippen LogP contribution in [0, 0.1) is 0 Å². The Hall–Kier alpha value is -0.0400. The van der Waals surface area contributed by atoms with E-state index in [4.69, 9.17) is 0 Å². The monoisotopic (exact) mass is 147 g/mol. The Labute approximate surface area is 67.4 Å². The highest BCUT2D eigenvalue weighted by molar-refractivity contribution is 4.56. The summed E-state index contributed by atoms with van der Waals surface area (Å²) in [6.45, 7) is 7.82. The molecule has 0 rings (SSSR count). The summed E-state index contributed by atoms with van der Waals surface area (Å²) >= 11 is 0. The molecule has 1 atom stereocenters. The van der Waals surface area contributed by atoms with Crippen molar-refractivity contribution in [1.29, 1.82) is 0 Å². The van der Waals surface area contributed by atoms with Gasteiger partial charge in [-0.3, -0.25) is 0 Å². The van der Waals surface area contributed by atoms with Gasteiger partial charge in [-0.1, -0.05) is 28.7 Å². The van der Waals surface area contributed by atoms with Gasteiger partial charge in [-0.05, 0) is 26.9 Å². The molecule has 0 aliphatic heterocycles. The first-order chi connectivity index (χ1) is 3.72. The predicted molar refractivity (Wildman–Crippen MR) is 51.5 cm³/mol. The van der Waals surface area contributed by atoms with Crippen molar-refractivity contribution in [2.75, 3.05) is 13.6 Å². The van der Waals surface area contributed by atoms with E-state index >= 15 is 0 Å². The second-order valence-corrected chi connectivity index (χ2v) is 2.33. The zero-order valence-electron chi connectivity index (χ0n) is 6.44. The molecule has 0 heterocycles. The van der Waals surface area contributed by atoms with Gasteiger partial charge in [-0.15, -0.1) is 0 Å². The van der Waals surface area contributed by atoms with Crippen LogP contribution in [-0.4, -0.2) is 24.5 Å². The lowest BCUT2D eigenvalue weighted by Crippen LogP contribution is -2.27. The van der Waals surface area contributed by atoms with Crippen LogP contribution in [0.1, 0.15) is 42.0 Å². The minimum atomic E-state index is 0. The van der Waals surface area contributed by atoms with Gasteiger partial charge >= 0.3 is 0 Å². The van der Waals surface area contributed by atoms with Crippen molar-refractivity contribution in [3.63, 3.8) is 0 Å². The van der Waals surface area contributed by atoms with Gasteiger partial charge in [0.05, 0.1) is 0 Å². The van der Waals surface area contributed by atoms with Gasteiger partial charge in [0.25, 0.3) is 0 Å². The van der Waals surface area contributed by atoms with E-state index in [1.807, 2.05) is 0 Å². The minimum Gasteiger partial charge on any atom is -0.304 e. The summed E-state index contributed by atoms with van der Waals surface area (Å²) in [6.07, 6.45) is 1.25. The van der Waals surface area contributed by atoms with Crippen LogP contribution in [0.2, 0.25) is 0 Å². The highest BCUT2D eigenvalue weighted by atomic mass is 15.1. The molecule has 0 bridgehead atoms. The fraction of sp³-hybridized carbons (Fsp3) is 1.00. The van der Waals surface area contributed by atoms with E-state index in [1.54, 1.807) is 0 Å². The molecule has 0 saturated carbocycles. The fourth-order valence-corrected chi connectivity index (χ4v) is 0.623. The summed E-state index contributed by atoms with van der Waals surface area (Å²) in [5.41, 5.74) is 0. The molecule has 0 aliphatic rings. The van der Waals surface area contributed by atoms with Crippen LogP contribution < -0.4 is 0 Å². The molecule has 0 aromatic rings. The SMILES string of the molecule is C.C.CCC(C)N(C)CC. The molecule has 0 spiro atoms. The van der Waals surface area contributed by atoms with Crippen molar-refractivity contribution >= 4 is 0 Å². The van der Waals surface area contributed by atoms with Crippen LogP contribution in [0.5, 0.6) is 0 Å². The van der Waals surface area contributed by atoms with E-state index < -0.39 is 0 Å². The Morgan fingerprint density at radius 3 is 1.70 bits per heavy atom. The molecular weight excluding hydrogens is 122 g/mol. The van der Waals surface area contributed by atoms with Gasteiger partial charge < -0.3 is 4.90 Å². The Morgan fingerprint density at radius 2 is 1.60 bits per heavy atom. The highest BCUT2D eigenvalue weighted by Gasteiger charge is 2.01. The summed E-state index contributed by atoms with van der Waals surface area (Å²) in [7, 11) is 2.16. The van der Waals surface area contributed by atoms with Crippen LogP contribution in [0.4, 0.5) is 0 Å². The minimum absolute atomic E-state index is 0. The van der Waals surface area contributed by atoms with Crippen molar-refractivity contribution in [3.05, 3.63) is 0 Å². The van der Waals surface area contributed by atoms with E-state index in [2.05, 4.69) is 32.7 Å². The van der Waals surface area contributed by atoms with Crippen LogP contribution in [0.3, 0.4) is 0 Å². The highest BCUT2D eigenvalue weighted by Crippen LogP contribution is 1.97. The van der Waals surface area contributed by atoms with Gasteiger partial charge in [0.2, 0.25) is 0 Å². The maximum Gasteiger partial charge on any atom is 0.00611 e. The van der Waals surface area contributed by atoms with E-state index in [0.717, 1.165) is 12.6 Å². The zero-order valence-corrected chi connectivity index (χ0v) is 6.44. The standard InChI is InChI=1S/C7H17N.2CH4/c1-5-7(3)8(4)6-2;;/h7H,5-6H2,1-4H3;2*1H4. The van der Waals surface area contributed by atoms with E-state index in [1.165, 1.54) is 6.42 Å². The van der Waals surface area contributed by atoms with E-state index in [9.17, 15) is 0 Å². The molecule has 66 valence electrons. The average Bonchev–Trinajstić information content (AvgIpc) is 1.84. The third-order valence-corrected chi connectivity index (χ3v) is 1.84. The number of hydrogen-bond acceptors (Lipinski definition) is 1. The Kier molecular flexibility index (Phi) is 14.8. The third kappa shape index (κ3) is 6.09. The first kappa shape index (κ1) is 16.5. The van der Waals surface area contributed by atoms with E-state index in [-0.39, 0.29) is 14.9 Å². The topological polar surface area (TPSA) is 3.24 Å². The van der Waals surface area contributed by atoms with Gasteiger partial charge in [0.1, 0.15) is 0 Å². The molecule has 1 heteroatoms. The smallest absolute Gasteiger partial charge is 0.00611 e. The average molecular weight is 147 g/mol. The normalized spacial score (nSPS) is 11.7. The summed E-state index contributed by atoms with van der Waals surface area (Å²) in [6, 6.07) is 0.750. The maximum atomic E-state index is 2.35. The zero-order chi connectivity index (χ0) is 6.57. The first-order valence-electron chi connectivity index (χ1n) is 3.42. The lowest BCUT2D eigenvalue weighted by atomic mass is 10.2. The molecule has 0 fully saturated rings. The summed E-state index contributed by atoms with van der Waals surface area (Å²) < 4.78 is 0. The molecule has 10 heavy (non-hydrogen) atoms.